The lowest BCUT2D eigenvalue weighted by Crippen LogP contribution is -2.10. The summed E-state index contributed by atoms with van der Waals surface area (Å²) in [5.41, 5.74) is 1.06. The topological polar surface area (TPSA) is 95.7 Å². The molecule has 8 heteroatoms. The first-order chi connectivity index (χ1) is 12.4. The van der Waals surface area contributed by atoms with Crippen molar-refractivity contribution in [1.82, 2.24) is 0 Å². The number of nitrogens with zero attached hydrogens (tertiary/aromatic N) is 1. The first kappa shape index (κ1) is 19.3. The van der Waals surface area contributed by atoms with Gasteiger partial charge in [0.2, 0.25) is 0 Å². The molecular formula is C18H14BrNO6. The van der Waals surface area contributed by atoms with E-state index in [-0.39, 0.29) is 16.8 Å². The van der Waals surface area contributed by atoms with Crippen LogP contribution in [0.4, 0.5) is 5.69 Å². The van der Waals surface area contributed by atoms with Gasteiger partial charge in [-0.25, -0.2) is 9.59 Å². The Morgan fingerprint density at radius 1 is 1.08 bits per heavy atom. The van der Waals surface area contributed by atoms with E-state index in [9.17, 15) is 19.7 Å². The van der Waals surface area contributed by atoms with E-state index in [0.29, 0.717) is 15.6 Å². The van der Waals surface area contributed by atoms with E-state index >= 15 is 0 Å². The number of hydrogen-bond acceptors (Lipinski definition) is 6. The highest BCUT2D eigenvalue weighted by Crippen LogP contribution is 2.29. The molecule has 134 valence electrons. The molecule has 0 aliphatic heterocycles. The van der Waals surface area contributed by atoms with Crippen molar-refractivity contribution in [3.8, 4) is 0 Å². The van der Waals surface area contributed by atoms with Crippen LogP contribution in [0.5, 0.6) is 0 Å². The average molecular weight is 420 g/mol. The fourth-order valence-corrected chi connectivity index (χ4v) is 2.75. The molecule has 2 rings (SSSR count). The molecule has 0 saturated carbocycles. The Bertz CT molecular complexity index is 906. The molecule has 2 aromatic rings. The van der Waals surface area contributed by atoms with Crippen LogP contribution in [-0.2, 0) is 14.3 Å². The molecule has 0 aliphatic rings. The van der Waals surface area contributed by atoms with Gasteiger partial charge in [-0.2, -0.15) is 0 Å². The SMILES string of the molecule is COC(=O)/C(=C/c1ccc([N+](=O)[O-])cc1Br)c1ccccc1C(=O)OC. The lowest BCUT2D eigenvalue weighted by molar-refractivity contribution is -0.384. The van der Waals surface area contributed by atoms with Gasteiger partial charge in [0.05, 0.1) is 30.3 Å². The number of carbonyl (C=O) groups excluding carboxylic acids is 2. The van der Waals surface area contributed by atoms with Crippen molar-refractivity contribution < 1.29 is 24.0 Å². The van der Waals surface area contributed by atoms with E-state index in [2.05, 4.69) is 15.9 Å². The van der Waals surface area contributed by atoms with Crippen molar-refractivity contribution in [3.05, 3.63) is 73.7 Å². The highest BCUT2D eigenvalue weighted by molar-refractivity contribution is 9.10. The first-order valence-corrected chi connectivity index (χ1v) is 8.10. The van der Waals surface area contributed by atoms with Gasteiger partial charge in [-0.15, -0.1) is 0 Å². The maximum Gasteiger partial charge on any atom is 0.338 e. The van der Waals surface area contributed by atoms with E-state index < -0.39 is 16.9 Å². The molecule has 0 unspecified atom stereocenters. The van der Waals surface area contributed by atoms with Gasteiger partial charge in [-0.1, -0.05) is 18.2 Å². The Hall–Kier alpha value is -3.00. The van der Waals surface area contributed by atoms with Crippen molar-refractivity contribution in [2.75, 3.05) is 14.2 Å². The van der Waals surface area contributed by atoms with Crippen LogP contribution < -0.4 is 0 Å². The molecule has 0 bridgehead atoms. The third-order valence-electron chi connectivity index (χ3n) is 3.52. The Kier molecular flexibility index (Phi) is 6.24. The molecule has 0 N–H and O–H groups in total. The van der Waals surface area contributed by atoms with Crippen molar-refractivity contribution in [3.63, 3.8) is 0 Å². The van der Waals surface area contributed by atoms with Crippen molar-refractivity contribution in [1.29, 1.82) is 0 Å². The predicted molar refractivity (Wildman–Crippen MR) is 98.5 cm³/mol. The van der Waals surface area contributed by atoms with Gasteiger partial charge < -0.3 is 9.47 Å². The molecule has 0 amide bonds. The van der Waals surface area contributed by atoms with Crippen LogP contribution in [0.1, 0.15) is 21.5 Å². The van der Waals surface area contributed by atoms with Gasteiger partial charge >= 0.3 is 11.9 Å². The van der Waals surface area contributed by atoms with Gasteiger partial charge in [-0.05, 0) is 39.7 Å². The van der Waals surface area contributed by atoms with E-state index in [1.807, 2.05) is 0 Å². The van der Waals surface area contributed by atoms with Crippen LogP contribution in [0.2, 0.25) is 0 Å². The minimum absolute atomic E-state index is 0.0939. The third-order valence-corrected chi connectivity index (χ3v) is 4.21. The Morgan fingerprint density at radius 3 is 2.27 bits per heavy atom. The van der Waals surface area contributed by atoms with Gasteiger partial charge in [-0.3, -0.25) is 10.1 Å². The number of halogens is 1. The number of nitro groups is 1. The summed E-state index contributed by atoms with van der Waals surface area (Å²) in [6.45, 7) is 0. The van der Waals surface area contributed by atoms with Gasteiger partial charge in [0.1, 0.15) is 0 Å². The van der Waals surface area contributed by atoms with E-state index in [1.54, 1.807) is 18.2 Å². The average Bonchev–Trinajstić information content (AvgIpc) is 2.65. The second-order valence-electron chi connectivity index (χ2n) is 5.05. The van der Waals surface area contributed by atoms with Crippen LogP contribution in [0.15, 0.2) is 46.9 Å². The molecule has 0 aromatic heterocycles. The summed E-state index contributed by atoms with van der Waals surface area (Å²) >= 11 is 3.26. The second-order valence-corrected chi connectivity index (χ2v) is 5.90. The lowest BCUT2D eigenvalue weighted by Gasteiger charge is -2.11. The number of rotatable bonds is 5. The maximum atomic E-state index is 12.3. The summed E-state index contributed by atoms with van der Waals surface area (Å²) in [5, 5.41) is 10.9. The Balaban J connectivity index is 2.64. The largest absolute Gasteiger partial charge is 0.465 e. The number of carbonyl (C=O) groups is 2. The molecular weight excluding hydrogens is 406 g/mol. The molecule has 26 heavy (non-hydrogen) atoms. The molecule has 0 saturated heterocycles. The third kappa shape index (κ3) is 4.15. The molecule has 2 aromatic carbocycles. The number of nitro benzene ring substituents is 1. The highest BCUT2D eigenvalue weighted by Gasteiger charge is 2.21. The highest BCUT2D eigenvalue weighted by atomic mass is 79.9. The smallest absolute Gasteiger partial charge is 0.338 e. The number of hydrogen-bond donors (Lipinski definition) is 0. The number of benzene rings is 2. The predicted octanol–water partition coefficient (Wildman–Crippen LogP) is 3.86. The fraction of sp³-hybridized carbons (Fsp3) is 0.111. The normalized spacial score (nSPS) is 11.0. The molecule has 0 atom stereocenters. The van der Waals surface area contributed by atoms with Gasteiger partial charge in [0.15, 0.2) is 0 Å². The van der Waals surface area contributed by atoms with Crippen molar-refractivity contribution in [2.24, 2.45) is 0 Å². The monoisotopic (exact) mass is 419 g/mol. The number of methoxy groups -OCH3 is 2. The van der Waals surface area contributed by atoms with Crippen LogP contribution in [0.25, 0.3) is 11.6 Å². The Labute approximate surface area is 157 Å². The van der Waals surface area contributed by atoms with Crippen LogP contribution in [0.3, 0.4) is 0 Å². The summed E-state index contributed by atoms with van der Waals surface area (Å²) in [5.74, 6) is -1.26. The minimum atomic E-state index is -0.661. The van der Waals surface area contributed by atoms with Gasteiger partial charge in [0, 0.05) is 22.2 Å². The molecule has 0 heterocycles. The molecule has 7 nitrogen and oxygen atoms in total. The number of esters is 2. The summed E-state index contributed by atoms with van der Waals surface area (Å²) in [4.78, 5) is 34.6. The van der Waals surface area contributed by atoms with Crippen molar-refractivity contribution >= 4 is 45.2 Å². The van der Waals surface area contributed by atoms with Crippen LogP contribution >= 0.6 is 15.9 Å². The maximum absolute atomic E-state index is 12.3. The zero-order valence-electron chi connectivity index (χ0n) is 13.9. The van der Waals surface area contributed by atoms with E-state index in [0.717, 1.165) is 0 Å². The minimum Gasteiger partial charge on any atom is -0.465 e. The van der Waals surface area contributed by atoms with Crippen LogP contribution in [-0.4, -0.2) is 31.1 Å². The van der Waals surface area contributed by atoms with E-state index in [1.165, 1.54) is 44.6 Å². The summed E-state index contributed by atoms with van der Waals surface area (Å²) in [7, 11) is 2.47. The first-order valence-electron chi connectivity index (χ1n) is 7.30. The lowest BCUT2D eigenvalue weighted by atomic mass is 9.97. The molecule has 0 spiro atoms. The summed E-state index contributed by atoms with van der Waals surface area (Å²) < 4.78 is 10.0. The number of non-ortho nitro benzene ring substituents is 1. The number of ether oxygens (including phenoxy) is 2. The van der Waals surface area contributed by atoms with Gasteiger partial charge in [0.25, 0.3) is 5.69 Å². The summed E-state index contributed by atoms with van der Waals surface area (Å²) in [6.07, 6.45) is 1.49. The van der Waals surface area contributed by atoms with Crippen LogP contribution in [0, 0.1) is 10.1 Å². The summed E-state index contributed by atoms with van der Waals surface area (Å²) in [6, 6.07) is 10.6. The molecule has 0 fully saturated rings. The zero-order chi connectivity index (χ0) is 19.3. The quantitative estimate of drug-likeness (QED) is 0.240. The molecule has 0 radical (unpaired) electrons. The Morgan fingerprint density at radius 2 is 1.73 bits per heavy atom. The van der Waals surface area contributed by atoms with E-state index in [4.69, 9.17) is 9.47 Å². The molecule has 0 aliphatic carbocycles. The standard InChI is InChI=1S/C18H14BrNO6/c1-25-17(21)14-6-4-3-5-13(14)15(18(22)26-2)9-11-7-8-12(20(23)24)10-16(11)19/h3-10H,1-2H3/b15-9+. The fourth-order valence-electron chi connectivity index (χ4n) is 2.26. The van der Waals surface area contributed by atoms with Crippen molar-refractivity contribution in [2.45, 2.75) is 0 Å². The second kappa shape index (κ2) is 8.39. The zero-order valence-corrected chi connectivity index (χ0v) is 15.5.